The Labute approximate surface area is 160 Å². The van der Waals surface area contributed by atoms with Crippen molar-refractivity contribution in [1.82, 2.24) is 5.32 Å². The fourth-order valence-corrected chi connectivity index (χ4v) is 2.45. The van der Waals surface area contributed by atoms with Gasteiger partial charge in [0.2, 0.25) is 5.91 Å². The molecule has 0 saturated heterocycles. The van der Waals surface area contributed by atoms with E-state index in [9.17, 15) is 9.59 Å². The van der Waals surface area contributed by atoms with Crippen LogP contribution in [0.2, 0.25) is 0 Å². The molecule has 0 aliphatic rings. The number of nitrogens with one attached hydrogen (secondary N) is 3. The van der Waals surface area contributed by atoms with Crippen molar-refractivity contribution >= 4 is 23.2 Å². The van der Waals surface area contributed by atoms with Gasteiger partial charge in [-0.1, -0.05) is 6.07 Å². The van der Waals surface area contributed by atoms with E-state index in [2.05, 4.69) is 16.0 Å². The largest absolute Gasteiger partial charge is 0.495 e. The summed E-state index contributed by atoms with van der Waals surface area (Å²) >= 11 is 0. The molecule has 6 heteroatoms. The van der Waals surface area contributed by atoms with E-state index >= 15 is 0 Å². The molecule has 0 radical (unpaired) electrons. The van der Waals surface area contributed by atoms with Crippen LogP contribution in [0, 0.1) is 6.92 Å². The number of hydrogen-bond acceptors (Lipinski definition) is 4. The molecule has 2 amide bonds. The third kappa shape index (κ3) is 6.33. The highest BCUT2D eigenvalue weighted by Crippen LogP contribution is 2.25. The maximum Gasteiger partial charge on any atom is 0.251 e. The molecule has 0 spiro atoms. The van der Waals surface area contributed by atoms with E-state index in [0.29, 0.717) is 17.0 Å². The molecular formula is C21H27N3O3. The van der Waals surface area contributed by atoms with E-state index < -0.39 is 0 Å². The predicted molar refractivity (Wildman–Crippen MR) is 109 cm³/mol. The number of benzene rings is 2. The Morgan fingerprint density at radius 1 is 1.04 bits per heavy atom. The van der Waals surface area contributed by atoms with Crippen LogP contribution in [0.15, 0.2) is 42.5 Å². The zero-order chi connectivity index (χ0) is 20.0. The minimum absolute atomic E-state index is 0.102. The average Bonchev–Trinajstić information content (AvgIpc) is 2.59. The number of aryl methyl sites for hydroxylation is 1. The Bertz CT molecular complexity index is 808. The van der Waals surface area contributed by atoms with Gasteiger partial charge in [0.25, 0.3) is 5.91 Å². The smallest absolute Gasteiger partial charge is 0.251 e. The molecule has 2 aromatic rings. The van der Waals surface area contributed by atoms with Crippen LogP contribution >= 0.6 is 0 Å². The standard InChI is InChI=1S/C21H27N3O3/c1-14-6-11-18(27-5)17(12-14)23-19(25)13-22-16-9-7-15(8-10-16)20(26)24-21(2,3)4/h6-12,22H,13H2,1-5H3,(H,23,25)(H,24,26). The molecule has 0 unspecified atom stereocenters. The maximum absolute atomic E-state index is 12.2. The SMILES string of the molecule is COc1ccc(C)cc1NC(=O)CNc1ccc(C(=O)NC(C)(C)C)cc1. The Morgan fingerprint density at radius 3 is 2.30 bits per heavy atom. The third-order valence-corrected chi connectivity index (χ3v) is 3.72. The predicted octanol–water partition coefficient (Wildman–Crippen LogP) is 3.58. The molecule has 0 aliphatic carbocycles. The lowest BCUT2D eigenvalue weighted by Gasteiger charge is -2.20. The highest BCUT2D eigenvalue weighted by atomic mass is 16.5. The van der Waals surface area contributed by atoms with Crippen LogP contribution in [0.25, 0.3) is 0 Å². The van der Waals surface area contributed by atoms with Crippen LogP contribution in [-0.4, -0.2) is 31.0 Å². The molecule has 0 heterocycles. The monoisotopic (exact) mass is 369 g/mol. The van der Waals surface area contributed by atoms with Gasteiger partial charge in [-0.15, -0.1) is 0 Å². The normalized spacial score (nSPS) is 10.9. The highest BCUT2D eigenvalue weighted by molar-refractivity contribution is 5.96. The van der Waals surface area contributed by atoms with Crippen molar-refractivity contribution in [3.05, 3.63) is 53.6 Å². The first-order valence-electron chi connectivity index (χ1n) is 8.79. The molecular weight excluding hydrogens is 342 g/mol. The Balaban J connectivity index is 1.92. The van der Waals surface area contributed by atoms with Crippen molar-refractivity contribution in [3.8, 4) is 5.75 Å². The quantitative estimate of drug-likeness (QED) is 0.727. The van der Waals surface area contributed by atoms with Crippen LogP contribution in [0.4, 0.5) is 11.4 Å². The molecule has 0 aromatic heterocycles. The zero-order valence-corrected chi connectivity index (χ0v) is 16.5. The molecule has 6 nitrogen and oxygen atoms in total. The summed E-state index contributed by atoms with van der Waals surface area (Å²) in [5.74, 6) is 0.301. The van der Waals surface area contributed by atoms with Gasteiger partial charge in [0, 0.05) is 16.8 Å². The lowest BCUT2D eigenvalue weighted by Crippen LogP contribution is -2.40. The molecule has 0 fully saturated rings. The molecule has 2 rings (SSSR count). The maximum atomic E-state index is 12.2. The molecule has 0 saturated carbocycles. The summed E-state index contributed by atoms with van der Waals surface area (Å²) in [5.41, 5.74) is 2.71. The van der Waals surface area contributed by atoms with Crippen molar-refractivity contribution in [2.45, 2.75) is 33.2 Å². The second-order valence-electron chi connectivity index (χ2n) is 7.39. The van der Waals surface area contributed by atoms with E-state index in [0.717, 1.165) is 11.3 Å². The third-order valence-electron chi connectivity index (χ3n) is 3.72. The summed E-state index contributed by atoms with van der Waals surface area (Å²) in [6.45, 7) is 7.85. The summed E-state index contributed by atoms with van der Waals surface area (Å²) in [7, 11) is 1.57. The van der Waals surface area contributed by atoms with Crippen molar-refractivity contribution in [2.24, 2.45) is 0 Å². The van der Waals surface area contributed by atoms with Gasteiger partial charge in [0.15, 0.2) is 0 Å². The van der Waals surface area contributed by atoms with Crippen molar-refractivity contribution in [3.63, 3.8) is 0 Å². The van der Waals surface area contributed by atoms with Gasteiger partial charge < -0.3 is 20.7 Å². The molecule has 144 valence electrons. The summed E-state index contributed by atoms with van der Waals surface area (Å²) in [4.78, 5) is 24.3. The lowest BCUT2D eigenvalue weighted by atomic mass is 10.1. The van der Waals surface area contributed by atoms with Crippen LogP contribution < -0.4 is 20.7 Å². The van der Waals surface area contributed by atoms with Crippen molar-refractivity contribution in [1.29, 1.82) is 0 Å². The number of carbonyl (C=O) groups excluding carboxylic acids is 2. The van der Waals surface area contributed by atoms with Crippen LogP contribution in [-0.2, 0) is 4.79 Å². The van der Waals surface area contributed by atoms with Gasteiger partial charge >= 0.3 is 0 Å². The first kappa shape index (κ1) is 20.3. The molecule has 27 heavy (non-hydrogen) atoms. The van der Waals surface area contributed by atoms with Gasteiger partial charge in [-0.05, 0) is 69.7 Å². The number of hydrogen-bond donors (Lipinski definition) is 3. The number of amides is 2. The topological polar surface area (TPSA) is 79.5 Å². The van der Waals surface area contributed by atoms with E-state index in [1.807, 2.05) is 45.9 Å². The fourth-order valence-electron chi connectivity index (χ4n) is 2.45. The second-order valence-corrected chi connectivity index (χ2v) is 7.39. The zero-order valence-electron chi connectivity index (χ0n) is 16.5. The minimum Gasteiger partial charge on any atom is -0.495 e. The summed E-state index contributed by atoms with van der Waals surface area (Å²) < 4.78 is 5.26. The summed E-state index contributed by atoms with van der Waals surface area (Å²) in [5, 5.41) is 8.80. The van der Waals surface area contributed by atoms with E-state index in [1.54, 1.807) is 31.4 Å². The first-order chi connectivity index (χ1) is 12.7. The Kier molecular flexibility index (Phi) is 6.45. The summed E-state index contributed by atoms with van der Waals surface area (Å²) in [6.07, 6.45) is 0. The number of methoxy groups -OCH3 is 1. The van der Waals surface area contributed by atoms with Crippen LogP contribution in [0.1, 0.15) is 36.7 Å². The van der Waals surface area contributed by atoms with Crippen LogP contribution in [0.5, 0.6) is 5.75 Å². The number of anilines is 2. The molecule has 0 aliphatic heterocycles. The lowest BCUT2D eigenvalue weighted by molar-refractivity contribution is -0.114. The van der Waals surface area contributed by atoms with Gasteiger partial charge in [-0.3, -0.25) is 9.59 Å². The Hall–Kier alpha value is -3.02. The molecule has 0 atom stereocenters. The van der Waals surface area contributed by atoms with Crippen molar-refractivity contribution < 1.29 is 14.3 Å². The molecule has 2 aromatic carbocycles. The highest BCUT2D eigenvalue weighted by Gasteiger charge is 2.15. The fraction of sp³-hybridized carbons (Fsp3) is 0.333. The van der Waals surface area contributed by atoms with E-state index in [-0.39, 0.29) is 23.9 Å². The number of ether oxygens (including phenoxy) is 1. The first-order valence-corrected chi connectivity index (χ1v) is 8.79. The van der Waals surface area contributed by atoms with Gasteiger partial charge in [-0.25, -0.2) is 0 Å². The van der Waals surface area contributed by atoms with E-state index in [4.69, 9.17) is 4.74 Å². The van der Waals surface area contributed by atoms with E-state index in [1.165, 1.54) is 0 Å². The van der Waals surface area contributed by atoms with Crippen molar-refractivity contribution in [2.75, 3.05) is 24.3 Å². The molecule has 3 N–H and O–H groups in total. The minimum atomic E-state index is -0.289. The summed E-state index contributed by atoms with van der Waals surface area (Å²) in [6, 6.07) is 12.6. The number of rotatable bonds is 6. The van der Waals surface area contributed by atoms with Gasteiger partial charge in [-0.2, -0.15) is 0 Å². The van der Waals surface area contributed by atoms with Gasteiger partial charge in [0.1, 0.15) is 5.75 Å². The van der Waals surface area contributed by atoms with Gasteiger partial charge in [0.05, 0.1) is 19.3 Å². The molecule has 0 bridgehead atoms. The second kappa shape index (κ2) is 8.58. The number of carbonyl (C=O) groups is 2. The van der Waals surface area contributed by atoms with Crippen LogP contribution in [0.3, 0.4) is 0 Å². The Morgan fingerprint density at radius 2 is 1.70 bits per heavy atom. The average molecular weight is 369 g/mol.